The van der Waals surface area contributed by atoms with E-state index in [1.54, 1.807) is 6.92 Å². The summed E-state index contributed by atoms with van der Waals surface area (Å²) in [7, 11) is 0. The zero-order valence-electron chi connectivity index (χ0n) is 6.90. The topological polar surface area (TPSA) is 46.0 Å². The number of rotatable bonds is 2. The maximum absolute atomic E-state index is 9.22. The van der Waals surface area contributed by atoms with Crippen LogP contribution in [0, 0.1) is 6.92 Å². The van der Waals surface area contributed by atoms with Crippen LogP contribution in [-0.2, 0) is 0 Å². The SMILES string of the molecule is Cc1nsc(C(C)C(C)O)n1. The molecule has 62 valence electrons. The summed E-state index contributed by atoms with van der Waals surface area (Å²) in [5.74, 6) is 0.888. The van der Waals surface area contributed by atoms with Crippen LogP contribution < -0.4 is 0 Å². The number of hydrogen-bond donors (Lipinski definition) is 1. The predicted molar refractivity (Wildman–Crippen MR) is 44.7 cm³/mol. The van der Waals surface area contributed by atoms with Crippen molar-refractivity contribution in [3.63, 3.8) is 0 Å². The molecular weight excluding hydrogens is 160 g/mol. The van der Waals surface area contributed by atoms with Crippen LogP contribution in [0.15, 0.2) is 0 Å². The lowest BCUT2D eigenvalue weighted by molar-refractivity contribution is 0.169. The van der Waals surface area contributed by atoms with Gasteiger partial charge in [-0.3, -0.25) is 0 Å². The van der Waals surface area contributed by atoms with Crippen LogP contribution in [0.25, 0.3) is 0 Å². The maximum Gasteiger partial charge on any atom is 0.139 e. The quantitative estimate of drug-likeness (QED) is 0.732. The molecule has 0 aliphatic rings. The molecule has 1 rings (SSSR count). The second-order valence-electron chi connectivity index (χ2n) is 2.71. The molecule has 1 heterocycles. The van der Waals surface area contributed by atoms with Gasteiger partial charge in [-0.15, -0.1) is 0 Å². The molecule has 0 saturated carbocycles. The Morgan fingerprint density at radius 1 is 1.45 bits per heavy atom. The van der Waals surface area contributed by atoms with Crippen molar-refractivity contribution in [2.75, 3.05) is 0 Å². The van der Waals surface area contributed by atoms with Crippen molar-refractivity contribution in [3.05, 3.63) is 10.8 Å². The third-order valence-electron chi connectivity index (χ3n) is 1.66. The molecule has 0 radical (unpaired) electrons. The fraction of sp³-hybridized carbons (Fsp3) is 0.714. The molecule has 0 bridgehead atoms. The molecule has 0 amide bonds. The zero-order valence-corrected chi connectivity index (χ0v) is 7.72. The lowest BCUT2D eigenvalue weighted by Crippen LogP contribution is -2.10. The highest BCUT2D eigenvalue weighted by Crippen LogP contribution is 2.20. The fourth-order valence-corrected chi connectivity index (χ4v) is 1.51. The summed E-state index contributed by atoms with van der Waals surface area (Å²) in [4.78, 5) is 4.18. The van der Waals surface area contributed by atoms with Crippen LogP contribution >= 0.6 is 11.5 Å². The third-order valence-corrected chi connectivity index (χ3v) is 2.66. The highest BCUT2D eigenvalue weighted by molar-refractivity contribution is 7.05. The molecule has 0 spiro atoms. The van der Waals surface area contributed by atoms with Crippen LogP contribution in [0.3, 0.4) is 0 Å². The van der Waals surface area contributed by atoms with Crippen molar-refractivity contribution in [2.24, 2.45) is 0 Å². The molecule has 1 aromatic heterocycles. The summed E-state index contributed by atoms with van der Waals surface area (Å²) < 4.78 is 4.04. The van der Waals surface area contributed by atoms with E-state index in [2.05, 4.69) is 9.36 Å². The minimum Gasteiger partial charge on any atom is -0.393 e. The second-order valence-corrected chi connectivity index (χ2v) is 3.49. The van der Waals surface area contributed by atoms with Crippen molar-refractivity contribution in [1.82, 2.24) is 9.36 Å². The monoisotopic (exact) mass is 172 g/mol. The van der Waals surface area contributed by atoms with E-state index in [1.165, 1.54) is 11.5 Å². The Morgan fingerprint density at radius 3 is 2.45 bits per heavy atom. The van der Waals surface area contributed by atoms with E-state index < -0.39 is 0 Å². The molecule has 4 heteroatoms. The van der Waals surface area contributed by atoms with E-state index in [0.29, 0.717) is 0 Å². The van der Waals surface area contributed by atoms with E-state index in [9.17, 15) is 5.11 Å². The van der Waals surface area contributed by atoms with Gasteiger partial charge in [0.15, 0.2) is 0 Å². The number of aliphatic hydroxyl groups is 1. The number of nitrogens with zero attached hydrogens (tertiary/aromatic N) is 2. The third kappa shape index (κ3) is 1.97. The summed E-state index contributed by atoms with van der Waals surface area (Å²) in [5, 5.41) is 10.1. The van der Waals surface area contributed by atoms with Gasteiger partial charge in [-0.25, -0.2) is 4.98 Å². The molecule has 1 N–H and O–H groups in total. The Labute approximate surface area is 70.3 Å². The summed E-state index contributed by atoms with van der Waals surface area (Å²) in [6, 6.07) is 0. The van der Waals surface area contributed by atoms with Gasteiger partial charge in [0.25, 0.3) is 0 Å². The first-order valence-corrected chi connectivity index (χ1v) is 4.37. The number of hydrogen-bond acceptors (Lipinski definition) is 4. The molecule has 0 aromatic carbocycles. The molecule has 0 aliphatic heterocycles. The van der Waals surface area contributed by atoms with Gasteiger partial charge in [0.05, 0.1) is 6.10 Å². The molecule has 11 heavy (non-hydrogen) atoms. The van der Waals surface area contributed by atoms with E-state index >= 15 is 0 Å². The normalized spacial score (nSPS) is 16.4. The maximum atomic E-state index is 9.22. The van der Waals surface area contributed by atoms with Gasteiger partial charge in [-0.2, -0.15) is 4.37 Å². The predicted octanol–water partition coefficient (Wildman–Crippen LogP) is 1.33. The fourth-order valence-electron chi connectivity index (χ4n) is 0.704. The number of aromatic nitrogens is 2. The van der Waals surface area contributed by atoms with Crippen LogP contribution in [-0.4, -0.2) is 20.6 Å². The summed E-state index contributed by atoms with van der Waals surface area (Å²) in [6.45, 7) is 5.57. The highest BCUT2D eigenvalue weighted by atomic mass is 32.1. The van der Waals surface area contributed by atoms with E-state index in [0.717, 1.165) is 10.8 Å². The lowest BCUT2D eigenvalue weighted by atomic mass is 10.1. The Bertz CT molecular complexity index is 234. The minimum atomic E-state index is -0.345. The van der Waals surface area contributed by atoms with Gasteiger partial charge in [0.1, 0.15) is 10.8 Å². The average Bonchev–Trinajstić information content (AvgIpc) is 2.34. The van der Waals surface area contributed by atoms with Gasteiger partial charge in [0.2, 0.25) is 0 Å². The Balaban J connectivity index is 2.76. The first-order valence-electron chi connectivity index (χ1n) is 3.59. The van der Waals surface area contributed by atoms with Gasteiger partial charge in [-0.1, -0.05) is 6.92 Å². The first kappa shape index (κ1) is 8.62. The summed E-state index contributed by atoms with van der Waals surface area (Å²) >= 11 is 1.36. The van der Waals surface area contributed by atoms with Crippen LogP contribution in [0.1, 0.15) is 30.6 Å². The van der Waals surface area contributed by atoms with Crippen LogP contribution in [0.4, 0.5) is 0 Å². The van der Waals surface area contributed by atoms with Gasteiger partial charge < -0.3 is 5.11 Å². The summed E-state index contributed by atoms with van der Waals surface area (Å²) in [6.07, 6.45) is -0.345. The minimum absolute atomic E-state index is 0.0983. The Morgan fingerprint density at radius 2 is 2.09 bits per heavy atom. The van der Waals surface area contributed by atoms with Crippen molar-refractivity contribution in [2.45, 2.75) is 32.8 Å². The van der Waals surface area contributed by atoms with Crippen LogP contribution in [0.5, 0.6) is 0 Å². The number of aliphatic hydroxyl groups excluding tert-OH is 1. The molecule has 3 nitrogen and oxygen atoms in total. The van der Waals surface area contributed by atoms with Gasteiger partial charge in [0, 0.05) is 5.92 Å². The zero-order chi connectivity index (χ0) is 8.43. The van der Waals surface area contributed by atoms with Crippen molar-refractivity contribution < 1.29 is 5.11 Å². The number of aryl methyl sites for hydroxylation is 1. The second kappa shape index (κ2) is 3.28. The molecule has 2 unspecified atom stereocenters. The Kier molecular flexibility index (Phi) is 2.57. The molecule has 1 aromatic rings. The largest absolute Gasteiger partial charge is 0.393 e. The molecule has 0 fully saturated rings. The molecule has 0 aliphatic carbocycles. The lowest BCUT2D eigenvalue weighted by Gasteiger charge is -2.09. The van der Waals surface area contributed by atoms with Crippen LogP contribution in [0.2, 0.25) is 0 Å². The Hall–Kier alpha value is -0.480. The van der Waals surface area contributed by atoms with E-state index in [1.807, 2.05) is 13.8 Å². The van der Waals surface area contributed by atoms with Crippen molar-refractivity contribution in [3.8, 4) is 0 Å². The molecule has 2 atom stereocenters. The van der Waals surface area contributed by atoms with Gasteiger partial charge >= 0.3 is 0 Å². The summed E-state index contributed by atoms with van der Waals surface area (Å²) in [5.41, 5.74) is 0. The first-order chi connectivity index (χ1) is 5.11. The standard InChI is InChI=1S/C7H12N2OS/c1-4(5(2)10)7-8-6(3)9-11-7/h4-5,10H,1-3H3. The van der Waals surface area contributed by atoms with Gasteiger partial charge in [-0.05, 0) is 25.4 Å². The van der Waals surface area contributed by atoms with E-state index in [-0.39, 0.29) is 12.0 Å². The molecular formula is C7H12N2OS. The smallest absolute Gasteiger partial charge is 0.139 e. The van der Waals surface area contributed by atoms with Crippen molar-refractivity contribution in [1.29, 1.82) is 0 Å². The van der Waals surface area contributed by atoms with Crippen molar-refractivity contribution >= 4 is 11.5 Å². The molecule has 0 saturated heterocycles. The average molecular weight is 172 g/mol. The highest BCUT2D eigenvalue weighted by Gasteiger charge is 2.15. The van der Waals surface area contributed by atoms with E-state index in [4.69, 9.17) is 0 Å².